The maximum Gasteiger partial charge on any atom is 0.274 e. The van der Waals surface area contributed by atoms with Crippen LogP contribution in [0.2, 0.25) is 0 Å². The van der Waals surface area contributed by atoms with Gasteiger partial charge in [-0.25, -0.2) is 5.10 Å². The summed E-state index contributed by atoms with van der Waals surface area (Å²) in [5, 5.41) is 5.95. The Balaban J connectivity index is 2.11. The highest BCUT2D eigenvalue weighted by Crippen LogP contribution is 2.17. The van der Waals surface area contributed by atoms with Gasteiger partial charge in [0.05, 0.1) is 0 Å². The fraction of sp³-hybridized carbons (Fsp3) is 0.545. The summed E-state index contributed by atoms with van der Waals surface area (Å²) in [7, 11) is 3.17. The Bertz CT molecular complexity index is 455. The minimum atomic E-state index is -0.336. The first-order chi connectivity index (χ1) is 8.65. The van der Waals surface area contributed by atoms with Gasteiger partial charge in [0.1, 0.15) is 17.9 Å². The number of rotatable bonds is 3. The third-order valence-electron chi connectivity index (χ3n) is 3.01. The zero-order valence-corrected chi connectivity index (χ0v) is 10.3. The Morgan fingerprint density at radius 2 is 1.94 bits per heavy atom. The van der Waals surface area contributed by atoms with Gasteiger partial charge in [-0.2, -0.15) is 5.10 Å². The van der Waals surface area contributed by atoms with E-state index in [1.165, 1.54) is 12.1 Å². The number of aromatic amines is 1. The molecule has 2 atom stereocenters. The number of likely N-dealkylation sites (tertiary alicyclic amines) is 1. The molecule has 0 spiro atoms. The maximum atomic E-state index is 12.1. The number of H-pyrrole nitrogens is 1. The molecule has 7 nitrogen and oxygen atoms in total. The smallest absolute Gasteiger partial charge is 0.274 e. The average Bonchev–Trinajstić information content (AvgIpc) is 2.82. The number of amides is 1. The first-order valence-corrected chi connectivity index (χ1v) is 5.56. The van der Waals surface area contributed by atoms with Crippen molar-refractivity contribution in [2.24, 2.45) is 0 Å². The van der Waals surface area contributed by atoms with Crippen molar-refractivity contribution in [2.45, 2.75) is 12.2 Å². The van der Waals surface area contributed by atoms with E-state index in [-0.39, 0.29) is 29.4 Å². The molecule has 0 aliphatic carbocycles. The summed E-state index contributed by atoms with van der Waals surface area (Å²) in [6.07, 6.45) is -0.275. The van der Waals surface area contributed by atoms with Crippen LogP contribution < -0.4 is 5.56 Å². The molecule has 0 bridgehead atoms. The van der Waals surface area contributed by atoms with E-state index in [1.54, 1.807) is 19.1 Å². The minimum Gasteiger partial charge on any atom is -0.377 e. The van der Waals surface area contributed by atoms with Gasteiger partial charge in [0.15, 0.2) is 0 Å². The Morgan fingerprint density at radius 3 is 2.39 bits per heavy atom. The van der Waals surface area contributed by atoms with Gasteiger partial charge >= 0.3 is 0 Å². The average molecular weight is 253 g/mol. The van der Waals surface area contributed by atoms with Gasteiger partial charge in [-0.3, -0.25) is 9.59 Å². The molecule has 0 radical (unpaired) electrons. The van der Waals surface area contributed by atoms with Crippen molar-refractivity contribution in [3.8, 4) is 0 Å². The first kappa shape index (κ1) is 12.7. The van der Waals surface area contributed by atoms with E-state index in [0.29, 0.717) is 13.1 Å². The largest absolute Gasteiger partial charge is 0.377 e. The number of nitrogens with one attached hydrogen (secondary N) is 1. The highest BCUT2D eigenvalue weighted by Gasteiger charge is 2.36. The summed E-state index contributed by atoms with van der Waals surface area (Å²) in [4.78, 5) is 24.6. The number of nitrogens with zero attached hydrogens (tertiary/aromatic N) is 2. The van der Waals surface area contributed by atoms with Crippen LogP contribution in [0.1, 0.15) is 10.5 Å². The Kier molecular flexibility index (Phi) is 3.73. The normalized spacial score (nSPS) is 23.3. The van der Waals surface area contributed by atoms with Gasteiger partial charge in [0.2, 0.25) is 0 Å². The molecule has 1 aromatic heterocycles. The van der Waals surface area contributed by atoms with Gasteiger partial charge < -0.3 is 14.4 Å². The van der Waals surface area contributed by atoms with Gasteiger partial charge in [0.25, 0.3) is 11.5 Å². The Hall–Kier alpha value is -1.73. The molecule has 2 rings (SSSR count). The quantitative estimate of drug-likeness (QED) is 0.766. The summed E-state index contributed by atoms with van der Waals surface area (Å²) in [6.45, 7) is 0.906. The van der Waals surface area contributed by atoms with Crippen LogP contribution in [0.5, 0.6) is 0 Å². The molecule has 7 heteroatoms. The van der Waals surface area contributed by atoms with E-state index in [9.17, 15) is 9.59 Å². The van der Waals surface area contributed by atoms with Crippen molar-refractivity contribution in [2.75, 3.05) is 27.3 Å². The number of aromatic nitrogens is 2. The second-order valence-electron chi connectivity index (χ2n) is 4.06. The summed E-state index contributed by atoms with van der Waals surface area (Å²) >= 11 is 0. The van der Waals surface area contributed by atoms with Crippen LogP contribution in [0, 0.1) is 0 Å². The molecular weight excluding hydrogens is 238 g/mol. The predicted molar refractivity (Wildman–Crippen MR) is 62.4 cm³/mol. The third kappa shape index (κ3) is 2.41. The van der Waals surface area contributed by atoms with Crippen LogP contribution >= 0.6 is 0 Å². The molecule has 1 aromatic rings. The zero-order chi connectivity index (χ0) is 13.1. The molecule has 1 fully saturated rings. The SMILES string of the molecule is COC1CN(C(=O)c2ccc(=O)[nH]n2)CC1OC. The fourth-order valence-corrected chi connectivity index (χ4v) is 1.99. The standard InChI is InChI=1S/C11H15N3O4/c1-17-8-5-14(6-9(8)18-2)11(16)7-3-4-10(15)13-12-7/h3-4,8-9H,5-6H2,1-2H3,(H,13,15). The van der Waals surface area contributed by atoms with Crippen molar-refractivity contribution in [3.63, 3.8) is 0 Å². The van der Waals surface area contributed by atoms with Crippen molar-refractivity contribution in [1.29, 1.82) is 0 Å². The number of ether oxygens (including phenoxy) is 2. The zero-order valence-electron chi connectivity index (χ0n) is 10.3. The van der Waals surface area contributed by atoms with E-state index < -0.39 is 0 Å². The molecule has 1 aliphatic rings. The molecule has 0 saturated carbocycles. The van der Waals surface area contributed by atoms with Crippen LogP contribution in [0.4, 0.5) is 0 Å². The highest BCUT2D eigenvalue weighted by atomic mass is 16.5. The van der Waals surface area contributed by atoms with E-state index in [4.69, 9.17) is 9.47 Å². The van der Waals surface area contributed by atoms with Crippen LogP contribution in [0.25, 0.3) is 0 Å². The maximum absolute atomic E-state index is 12.1. The van der Waals surface area contributed by atoms with Crippen LogP contribution in [-0.4, -0.2) is 60.5 Å². The van der Waals surface area contributed by atoms with E-state index >= 15 is 0 Å². The molecular formula is C11H15N3O4. The molecule has 0 aromatic carbocycles. The lowest BCUT2D eigenvalue weighted by atomic mass is 10.3. The van der Waals surface area contributed by atoms with Crippen molar-refractivity contribution < 1.29 is 14.3 Å². The summed E-state index contributed by atoms with van der Waals surface area (Å²) in [5.41, 5.74) is -0.126. The number of hydrogen-bond donors (Lipinski definition) is 1. The fourth-order valence-electron chi connectivity index (χ4n) is 1.99. The molecule has 2 heterocycles. The van der Waals surface area contributed by atoms with E-state index in [0.717, 1.165) is 0 Å². The van der Waals surface area contributed by atoms with Gasteiger partial charge in [-0.15, -0.1) is 0 Å². The van der Waals surface area contributed by atoms with Crippen molar-refractivity contribution in [1.82, 2.24) is 15.1 Å². The lowest BCUT2D eigenvalue weighted by Gasteiger charge is -2.14. The molecule has 18 heavy (non-hydrogen) atoms. The second-order valence-corrected chi connectivity index (χ2v) is 4.06. The molecule has 2 unspecified atom stereocenters. The lowest BCUT2D eigenvalue weighted by molar-refractivity contribution is -0.00461. The second kappa shape index (κ2) is 5.28. The van der Waals surface area contributed by atoms with E-state index in [2.05, 4.69) is 10.2 Å². The van der Waals surface area contributed by atoms with Crippen molar-refractivity contribution in [3.05, 3.63) is 28.2 Å². The number of carbonyl (C=O) groups is 1. The first-order valence-electron chi connectivity index (χ1n) is 5.56. The number of methoxy groups -OCH3 is 2. The summed E-state index contributed by atoms with van der Waals surface area (Å²) < 4.78 is 10.5. The molecule has 98 valence electrons. The predicted octanol–water partition coefficient (Wildman–Crippen LogP) is -0.744. The lowest BCUT2D eigenvalue weighted by Crippen LogP contribution is -2.31. The number of carbonyl (C=O) groups excluding carboxylic acids is 1. The summed E-state index contributed by atoms with van der Waals surface area (Å²) in [5.74, 6) is -0.243. The number of hydrogen-bond acceptors (Lipinski definition) is 5. The highest BCUT2D eigenvalue weighted by molar-refractivity contribution is 5.92. The molecule has 1 amide bonds. The molecule has 1 aliphatic heterocycles. The van der Waals surface area contributed by atoms with Crippen molar-refractivity contribution >= 4 is 5.91 Å². The Labute approximate surface area is 104 Å². The monoisotopic (exact) mass is 253 g/mol. The van der Waals surface area contributed by atoms with Gasteiger partial charge in [0, 0.05) is 33.4 Å². The topological polar surface area (TPSA) is 84.5 Å². The minimum absolute atomic E-state index is 0.137. The molecule has 1 N–H and O–H groups in total. The van der Waals surface area contributed by atoms with Crippen LogP contribution in [-0.2, 0) is 9.47 Å². The van der Waals surface area contributed by atoms with Gasteiger partial charge in [-0.05, 0) is 6.07 Å². The molecule has 1 saturated heterocycles. The Morgan fingerprint density at radius 1 is 1.33 bits per heavy atom. The summed E-state index contributed by atoms with van der Waals surface area (Å²) in [6, 6.07) is 2.68. The van der Waals surface area contributed by atoms with Gasteiger partial charge in [-0.1, -0.05) is 0 Å². The van der Waals surface area contributed by atoms with Crippen LogP contribution in [0.3, 0.4) is 0 Å². The third-order valence-corrected chi connectivity index (χ3v) is 3.01. The van der Waals surface area contributed by atoms with E-state index in [1.807, 2.05) is 0 Å². The van der Waals surface area contributed by atoms with Crippen LogP contribution in [0.15, 0.2) is 16.9 Å².